The molecule has 0 bridgehead atoms. The Labute approximate surface area is 226 Å². The summed E-state index contributed by atoms with van der Waals surface area (Å²) in [4.78, 5) is 23.6. The van der Waals surface area contributed by atoms with Crippen molar-refractivity contribution in [3.05, 3.63) is 42.0 Å². The predicted molar refractivity (Wildman–Crippen MR) is 146 cm³/mol. The molecule has 0 spiro atoms. The standard InChI is InChI=1S/C26H34F3N9O/c1-16-7-8-19-22(33-16)25(2,3)13-38(19)24-32-15-31-23(35-24)34-18-11-17(30)20(37(6)10-9-36(4)5)12-21(18)39-14-26(27,28)29/h7-8,11-12,15H,9-10,13-14,30H2,1-6H3,(H,31,32,34,35). The number of halogens is 3. The number of nitrogens with zero attached hydrogens (tertiary/aromatic N) is 7. The topological polar surface area (TPSA) is 109 Å². The van der Waals surface area contributed by atoms with Gasteiger partial charge in [0.15, 0.2) is 6.61 Å². The van der Waals surface area contributed by atoms with E-state index in [4.69, 9.17) is 15.5 Å². The molecule has 3 N–H and O–H groups in total. The fraction of sp³-hybridized carbons (Fsp3) is 0.462. The molecule has 0 aliphatic carbocycles. The molecule has 4 rings (SSSR count). The van der Waals surface area contributed by atoms with Gasteiger partial charge in [0.1, 0.15) is 12.1 Å². The number of hydrogen-bond donors (Lipinski definition) is 2. The van der Waals surface area contributed by atoms with E-state index in [-0.39, 0.29) is 22.8 Å². The van der Waals surface area contributed by atoms with Crippen LogP contribution >= 0.6 is 0 Å². The number of benzene rings is 1. The minimum absolute atomic E-state index is 0.0254. The van der Waals surface area contributed by atoms with Crippen LogP contribution < -0.4 is 25.6 Å². The molecule has 0 amide bonds. The van der Waals surface area contributed by atoms with Crippen LogP contribution in [0, 0.1) is 6.92 Å². The van der Waals surface area contributed by atoms with Crippen LogP contribution in [0.25, 0.3) is 0 Å². The largest absolute Gasteiger partial charge is 0.482 e. The zero-order valence-corrected chi connectivity index (χ0v) is 23.0. The normalized spacial score (nSPS) is 14.5. The van der Waals surface area contributed by atoms with Gasteiger partial charge in [0.25, 0.3) is 0 Å². The van der Waals surface area contributed by atoms with E-state index in [0.29, 0.717) is 30.4 Å². The smallest absolute Gasteiger partial charge is 0.422 e. The van der Waals surface area contributed by atoms with Gasteiger partial charge in [-0.05, 0) is 39.2 Å². The van der Waals surface area contributed by atoms with Crippen LogP contribution in [0.2, 0.25) is 0 Å². The van der Waals surface area contributed by atoms with Crippen LogP contribution in [0.3, 0.4) is 0 Å². The summed E-state index contributed by atoms with van der Waals surface area (Å²) in [6.07, 6.45) is -3.17. The van der Waals surface area contributed by atoms with Crippen molar-refractivity contribution in [1.82, 2.24) is 24.8 Å². The van der Waals surface area contributed by atoms with E-state index in [2.05, 4.69) is 34.1 Å². The van der Waals surface area contributed by atoms with E-state index in [9.17, 15) is 13.2 Å². The van der Waals surface area contributed by atoms with Gasteiger partial charge in [0, 0.05) is 43.9 Å². The first kappa shape index (κ1) is 28.1. The molecule has 2 aromatic heterocycles. The lowest BCUT2D eigenvalue weighted by Gasteiger charge is -2.25. The highest BCUT2D eigenvalue weighted by Gasteiger charge is 2.38. The van der Waals surface area contributed by atoms with Gasteiger partial charge in [0.05, 0.1) is 28.4 Å². The Hall–Kier alpha value is -3.87. The lowest BCUT2D eigenvalue weighted by Crippen LogP contribution is -2.29. The van der Waals surface area contributed by atoms with E-state index in [0.717, 1.165) is 23.6 Å². The van der Waals surface area contributed by atoms with Crippen molar-refractivity contribution in [3.63, 3.8) is 0 Å². The first-order valence-electron chi connectivity index (χ1n) is 12.4. The van der Waals surface area contributed by atoms with Crippen LogP contribution in [0.1, 0.15) is 25.2 Å². The number of pyridine rings is 1. The highest BCUT2D eigenvalue weighted by molar-refractivity contribution is 5.79. The molecule has 1 aliphatic rings. The van der Waals surface area contributed by atoms with Crippen molar-refractivity contribution < 1.29 is 17.9 Å². The maximum Gasteiger partial charge on any atom is 0.422 e. The lowest BCUT2D eigenvalue weighted by molar-refractivity contribution is -0.153. The molecule has 0 saturated carbocycles. The number of rotatable bonds is 9. The van der Waals surface area contributed by atoms with E-state index < -0.39 is 12.8 Å². The van der Waals surface area contributed by atoms with E-state index in [1.54, 1.807) is 0 Å². The first-order chi connectivity index (χ1) is 18.2. The van der Waals surface area contributed by atoms with Gasteiger partial charge in [-0.25, -0.2) is 9.97 Å². The number of ether oxygens (including phenoxy) is 1. The minimum Gasteiger partial charge on any atom is -0.482 e. The second-order valence-corrected chi connectivity index (χ2v) is 10.6. The summed E-state index contributed by atoms with van der Waals surface area (Å²) in [5.41, 5.74) is 9.96. The van der Waals surface area contributed by atoms with Gasteiger partial charge >= 0.3 is 6.18 Å². The fourth-order valence-corrected chi connectivity index (χ4v) is 4.36. The Morgan fingerprint density at radius 3 is 2.54 bits per heavy atom. The Morgan fingerprint density at radius 2 is 1.85 bits per heavy atom. The fourth-order valence-electron chi connectivity index (χ4n) is 4.36. The van der Waals surface area contributed by atoms with Crippen LogP contribution in [-0.2, 0) is 5.41 Å². The Kier molecular flexibility index (Phi) is 7.73. The van der Waals surface area contributed by atoms with E-state index in [1.165, 1.54) is 18.5 Å². The summed E-state index contributed by atoms with van der Waals surface area (Å²) in [5.74, 6) is 0.495. The van der Waals surface area contributed by atoms with Crippen LogP contribution in [0.4, 0.5) is 47.8 Å². The second-order valence-electron chi connectivity index (χ2n) is 10.6. The highest BCUT2D eigenvalue weighted by Crippen LogP contribution is 2.42. The van der Waals surface area contributed by atoms with Crippen molar-refractivity contribution in [2.45, 2.75) is 32.4 Å². The maximum atomic E-state index is 13.1. The predicted octanol–water partition coefficient (Wildman–Crippen LogP) is 4.27. The van der Waals surface area contributed by atoms with E-state index in [1.807, 2.05) is 54.9 Å². The van der Waals surface area contributed by atoms with Crippen molar-refractivity contribution in [3.8, 4) is 5.75 Å². The average molecular weight is 546 g/mol. The number of alkyl halides is 3. The Morgan fingerprint density at radius 1 is 1.10 bits per heavy atom. The number of hydrogen-bond acceptors (Lipinski definition) is 10. The Bertz CT molecular complexity index is 1330. The summed E-state index contributed by atoms with van der Waals surface area (Å²) in [7, 11) is 5.69. The molecular formula is C26H34F3N9O. The molecule has 210 valence electrons. The number of nitrogens with two attached hydrogens (primary N) is 1. The third-order valence-corrected chi connectivity index (χ3v) is 6.36. The summed E-state index contributed by atoms with van der Waals surface area (Å²) in [6, 6.07) is 6.93. The van der Waals surface area contributed by atoms with Crippen molar-refractivity contribution in [1.29, 1.82) is 0 Å². The molecule has 1 aliphatic heterocycles. The van der Waals surface area contributed by atoms with Gasteiger partial charge in [-0.15, -0.1) is 0 Å². The molecule has 0 atom stereocenters. The number of nitrogen functional groups attached to an aromatic ring is 1. The quantitative estimate of drug-likeness (QED) is 0.379. The highest BCUT2D eigenvalue weighted by atomic mass is 19.4. The monoisotopic (exact) mass is 545 g/mol. The summed E-state index contributed by atoms with van der Waals surface area (Å²) in [5, 5.41) is 2.98. The maximum absolute atomic E-state index is 13.1. The van der Waals surface area contributed by atoms with Gasteiger partial charge in [-0.2, -0.15) is 18.2 Å². The molecule has 3 aromatic rings. The van der Waals surface area contributed by atoms with Crippen LogP contribution in [0.5, 0.6) is 5.75 Å². The number of fused-ring (bicyclic) bond motifs is 1. The molecule has 13 heteroatoms. The van der Waals surface area contributed by atoms with Gasteiger partial charge in [-0.1, -0.05) is 13.8 Å². The van der Waals surface area contributed by atoms with Gasteiger partial charge in [-0.3, -0.25) is 4.98 Å². The summed E-state index contributed by atoms with van der Waals surface area (Å²) >= 11 is 0. The third-order valence-electron chi connectivity index (χ3n) is 6.36. The molecule has 0 saturated heterocycles. The summed E-state index contributed by atoms with van der Waals surface area (Å²) in [6.45, 7) is 6.63. The molecule has 10 nitrogen and oxygen atoms in total. The minimum atomic E-state index is -4.52. The number of likely N-dealkylation sites (N-methyl/N-ethyl adjacent to an activating group) is 2. The van der Waals surface area contributed by atoms with Gasteiger partial charge in [0.2, 0.25) is 11.9 Å². The zero-order chi connectivity index (χ0) is 28.5. The van der Waals surface area contributed by atoms with Crippen molar-refractivity contribution in [2.24, 2.45) is 0 Å². The second kappa shape index (κ2) is 10.7. The molecule has 0 fully saturated rings. The van der Waals surface area contributed by atoms with Crippen molar-refractivity contribution >= 4 is 34.6 Å². The van der Waals surface area contributed by atoms with E-state index >= 15 is 0 Å². The number of nitrogens with one attached hydrogen (secondary N) is 1. The first-order valence-corrected chi connectivity index (χ1v) is 12.4. The molecule has 0 unspecified atom stereocenters. The lowest BCUT2D eigenvalue weighted by atomic mass is 9.91. The molecular weight excluding hydrogens is 511 g/mol. The molecule has 0 radical (unpaired) electrons. The Balaban J connectivity index is 1.65. The summed E-state index contributed by atoms with van der Waals surface area (Å²) < 4.78 is 44.3. The molecule has 3 heterocycles. The van der Waals surface area contributed by atoms with Crippen LogP contribution in [-0.4, -0.2) is 78.4 Å². The van der Waals surface area contributed by atoms with Crippen LogP contribution in [0.15, 0.2) is 30.6 Å². The zero-order valence-electron chi connectivity index (χ0n) is 23.0. The molecule has 39 heavy (non-hydrogen) atoms. The number of aryl methyl sites for hydroxylation is 1. The van der Waals surface area contributed by atoms with Crippen molar-refractivity contribution in [2.75, 3.05) is 68.2 Å². The molecule has 1 aromatic carbocycles. The van der Waals surface area contributed by atoms with Gasteiger partial charge < -0.3 is 30.5 Å². The number of aromatic nitrogens is 4. The SMILES string of the molecule is Cc1ccc2c(n1)C(C)(C)CN2c1ncnc(Nc2cc(N)c(N(C)CCN(C)C)cc2OCC(F)(F)F)n1. The number of anilines is 6. The average Bonchev–Trinajstić information content (AvgIpc) is 3.11. The third kappa shape index (κ3) is 6.59.